The van der Waals surface area contributed by atoms with Crippen molar-refractivity contribution < 1.29 is 17.6 Å². The fourth-order valence-corrected chi connectivity index (χ4v) is 2.75. The second-order valence-electron chi connectivity index (χ2n) is 5.46. The summed E-state index contributed by atoms with van der Waals surface area (Å²) in [6, 6.07) is 4.60. The van der Waals surface area contributed by atoms with E-state index in [0.29, 0.717) is 5.56 Å². The lowest BCUT2D eigenvalue weighted by Gasteiger charge is -2.38. The smallest absolute Gasteiger partial charge is 0.321 e. The molecule has 0 unspecified atom stereocenters. The van der Waals surface area contributed by atoms with Gasteiger partial charge in [-0.2, -0.15) is 13.2 Å². The molecule has 0 atom stereocenters. The molecule has 19 heavy (non-hydrogen) atoms. The lowest BCUT2D eigenvalue weighted by Crippen LogP contribution is -2.43. The summed E-state index contributed by atoms with van der Waals surface area (Å²) in [5.41, 5.74) is 6.38. The molecule has 2 rings (SSSR count). The molecule has 1 fully saturated rings. The fourth-order valence-electron chi connectivity index (χ4n) is 2.75. The lowest BCUT2D eigenvalue weighted by molar-refractivity contribution is -0.184. The van der Waals surface area contributed by atoms with Crippen molar-refractivity contribution in [3.8, 4) is 0 Å². The van der Waals surface area contributed by atoms with E-state index in [2.05, 4.69) is 0 Å². The summed E-state index contributed by atoms with van der Waals surface area (Å²) in [5.74, 6) is -1.74. The first kappa shape index (κ1) is 14.3. The minimum absolute atomic E-state index is 0.0343. The van der Waals surface area contributed by atoms with Gasteiger partial charge in [0.15, 0.2) is 0 Å². The number of nitrogens with two attached hydrogens (primary N) is 1. The summed E-state index contributed by atoms with van der Waals surface area (Å²) in [7, 11) is 0. The van der Waals surface area contributed by atoms with Crippen LogP contribution >= 0.6 is 0 Å². The predicted octanol–water partition coefficient (Wildman–Crippen LogP) is 4.04. The Morgan fingerprint density at radius 3 is 2.32 bits per heavy atom. The summed E-state index contributed by atoms with van der Waals surface area (Å²) < 4.78 is 51.7. The standard InChI is InChI=1S/C14H17F4N/c1-9-2-3-12(15)11(8-9)13(19)6-4-10(5-7-13)14(16,17)18/h2-3,8,10H,4-7,19H2,1H3. The molecule has 1 aromatic carbocycles. The monoisotopic (exact) mass is 275 g/mol. The van der Waals surface area contributed by atoms with E-state index in [1.165, 1.54) is 6.07 Å². The first-order chi connectivity index (χ1) is 8.72. The summed E-state index contributed by atoms with van der Waals surface area (Å²) in [6.07, 6.45) is -3.91. The van der Waals surface area contributed by atoms with Crippen LogP contribution in [0.4, 0.5) is 17.6 Å². The van der Waals surface area contributed by atoms with Gasteiger partial charge in [-0.3, -0.25) is 0 Å². The average Bonchev–Trinajstić information content (AvgIpc) is 2.31. The van der Waals surface area contributed by atoms with Crippen molar-refractivity contribution in [1.82, 2.24) is 0 Å². The Hall–Kier alpha value is -1.10. The highest BCUT2D eigenvalue weighted by Gasteiger charge is 2.45. The number of alkyl halides is 3. The Morgan fingerprint density at radius 2 is 1.79 bits per heavy atom. The number of halogens is 4. The van der Waals surface area contributed by atoms with Gasteiger partial charge < -0.3 is 5.73 Å². The van der Waals surface area contributed by atoms with Gasteiger partial charge in [0, 0.05) is 11.1 Å². The number of hydrogen-bond acceptors (Lipinski definition) is 1. The summed E-state index contributed by atoms with van der Waals surface area (Å²) in [6.45, 7) is 1.81. The van der Waals surface area contributed by atoms with Crippen LogP contribution in [-0.4, -0.2) is 6.18 Å². The number of hydrogen-bond donors (Lipinski definition) is 1. The maximum atomic E-state index is 13.8. The number of benzene rings is 1. The molecule has 0 aromatic heterocycles. The first-order valence-corrected chi connectivity index (χ1v) is 6.34. The largest absolute Gasteiger partial charge is 0.391 e. The van der Waals surface area contributed by atoms with Gasteiger partial charge in [0.25, 0.3) is 0 Å². The summed E-state index contributed by atoms with van der Waals surface area (Å²) in [5, 5.41) is 0. The van der Waals surface area contributed by atoms with E-state index in [1.807, 2.05) is 6.92 Å². The van der Waals surface area contributed by atoms with E-state index < -0.39 is 23.5 Å². The van der Waals surface area contributed by atoms with Crippen LogP contribution in [0.5, 0.6) is 0 Å². The minimum atomic E-state index is -4.17. The molecule has 1 saturated carbocycles. The fraction of sp³-hybridized carbons (Fsp3) is 0.571. The van der Waals surface area contributed by atoms with Crippen molar-refractivity contribution in [1.29, 1.82) is 0 Å². The molecule has 0 bridgehead atoms. The molecule has 1 nitrogen and oxygen atoms in total. The molecule has 106 valence electrons. The first-order valence-electron chi connectivity index (χ1n) is 6.34. The predicted molar refractivity (Wildman–Crippen MR) is 65.0 cm³/mol. The average molecular weight is 275 g/mol. The number of rotatable bonds is 1. The van der Waals surface area contributed by atoms with Crippen LogP contribution in [0.25, 0.3) is 0 Å². The highest BCUT2D eigenvalue weighted by atomic mass is 19.4. The molecule has 1 aliphatic rings. The third kappa shape index (κ3) is 2.91. The molecule has 0 heterocycles. The van der Waals surface area contributed by atoms with Crippen molar-refractivity contribution in [2.45, 2.75) is 44.3 Å². The van der Waals surface area contributed by atoms with E-state index in [9.17, 15) is 17.6 Å². The Bertz CT molecular complexity index is 459. The molecule has 5 heteroatoms. The molecule has 0 aliphatic heterocycles. The molecule has 0 radical (unpaired) electrons. The van der Waals surface area contributed by atoms with Crippen LogP contribution in [0.1, 0.15) is 36.8 Å². The maximum Gasteiger partial charge on any atom is 0.391 e. The molecular formula is C14H17F4N. The van der Waals surface area contributed by atoms with Crippen molar-refractivity contribution in [2.75, 3.05) is 0 Å². The third-order valence-electron chi connectivity index (χ3n) is 4.00. The Kier molecular flexibility index (Phi) is 3.60. The third-order valence-corrected chi connectivity index (χ3v) is 4.00. The van der Waals surface area contributed by atoms with Gasteiger partial charge in [0.2, 0.25) is 0 Å². The quantitative estimate of drug-likeness (QED) is 0.769. The Morgan fingerprint density at radius 1 is 1.21 bits per heavy atom. The van der Waals surface area contributed by atoms with E-state index in [0.717, 1.165) is 5.56 Å². The molecular weight excluding hydrogens is 258 g/mol. The second-order valence-corrected chi connectivity index (χ2v) is 5.46. The maximum absolute atomic E-state index is 13.8. The number of aryl methyl sites for hydroxylation is 1. The normalized spacial score (nSPS) is 28.4. The molecule has 0 spiro atoms. The van der Waals surface area contributed by atoms with Gasteiger partial charge in [0.05, 0.1) is 5.92 Å². The van der Waals surface area contributed by atoms with Gasteiger partial charge in [-0.25, -0.2) is 4.39 Å². The molecule has 1 aliphatic carbocycles. The van der Waals surface area contributed by atoms with Crippen molar-refractivity contribution in [3.05, 3.63) is 35.1 Å². The SMILES string of the molecule is Cc1ccc(F)c(C2(N)CCC(C(F)(F)F)CC2)c1. The zero-order chi connectivity index (χ0) is 14.3. The Labute approximate surface area is 109 Å². The van der Waals surface area contributed by atoms with Crippen LogP contribution < -0.4 is 5.73 Å². The molecule has 0 saturated heterocycles. The van der Waals surface area contributed by atoms with Gasteiger partial charge >= 0.3 is 6.18 Å². The highest BCUT2D eigenvalue weighted by Crippen LogP contribution is 2.44. The van der Waals surface area contributed by atoms with Gasteiger partial charge in [-0.1, -0.05) is 17.7 Å². The van der Waals surface area contributed by atoms with Crippen molar-refractivity contribution >= 4 is 0 Å². The van der Waals surface area contributed by atoms with Gasteiger partial charge in [0.1, 0.15) is 5.82 Å². The van der Waals surface area contributed by atoms with Gasteiger partial charge in [-0.15, -0.1) is 0 Å². The molecule has 2 N–H and O–H groups in total. The Balaban J connectivity index is 2.20. The van der Waals surface area contributed by atoms with E-state index >= 15 is 0 Å². The van der Waals surface area contributed by atoms with Gasteiger partial charge in [-0.05, 0) is 38.7 Å². The van der Waals surface area contributed by atoms with E-state index in [-0.39, 0.29) is 25.7 Å². The van der Waals surface area contributed by atoms with Crippen LogP contribution in [-0.2, 0) is 5.54 Å². The highest BCUT2D eigenvalue weighted by molar-refractivity contribution is 5.30. The van der Waals surface area contributed by atoms with Crippen LogP contribution in [0.2, 0.25) is 0 Å². The summed E-state index contributed by atoms with van der Waals surface area (Å²) in [4.78, 5) is 0. The molecule has 1 aromatic rings. The second kappa shape index (κ2) is 4.78. The van der Waals surface area contributed by atoms with E-state index in [4.69, 9.17) is 5.73 Å². The topological polar surface area (TPSA) is 26.0 Å². The minimum Gasteiger partial charge on any atom is -0.321 e. The lowest BCUT2D eigenvalue weighted by atomic mass is 9.73. The van der Waals surface area contributed by atoms with Crippen molar-refractivity contribution in [3.63, 3.8) is 0 Å². The van der Waals surface area contributed by atoms with Crippen LogP contribution in [0, 0.1) is 18.7 Å². The van der Waals surface area contributed by atoms with Crippen LogP contribution in [0.15, 0.2) is 18.2 Å². The zero-order valence-electron chi connectivity index (χ0n) is 10.7. The zero-order valence-corrected chi connectivity index (χ0v) is 10.7. The van der Waals surface area contributed by atoms with Crippen molar-refractivity contribution in [2.24, 2.45) is 11.7 Å². The van der Waals surface area contributed by atoms with E-state index in [1.54, 1.807) is 12.1 Å². The van der Waals surface area contributed by atoms with Crippen LogP contribution in [0.3, 0.4) is 0 Å². The molecule has 0 amide bonds. The summed E-state index contributed by atoms with van der Waals surface area (Å²) >= 11 is 0.